The quantitative estimate of drug-likeness (QED) is 0.460. The van der Waals surface area contributed by atoms with Crippen LogP contribution < -0.4 is 26.5 Å². The van der Waals surface area contributed by atoms with Gasteiger partial charge in [-0.15, -0.1) is 0 Å². The number of hydrogen-bond donors (Lipinski definition) is 0. The van der Waals surface area contributed by atoms with Gasteiger partial charge in [-0.05, 0) is 6.42 Å². The van der Waals surface area contributed by atoms with Crippen molar-refractivity contribution >= 4 is 0 Å². The third-order valence-corrected chi connectivity index (χ3v) is 1.68. The minimum absolute atomic E-state index is 0. The summed E-state index contributed by atoms with van der Waals surface area (Å²) in [5, 5.41) is 0. The number of unbranched alkanes of at least 4 members (excludes halogenated alkanes) is 2. The zero-order chi connectivity index (χ0) is 8.65. The summed E-state index contributed by atoms with van der Waals surface area (Å²) >= 11 is 0. The summed E-state index contributed by atoms with van der Waals surface area (Å²) in [4.78, 5) is 5.42. The number of halogens is 1. The first kappa shape index (κ1) is 12.4. The molecule has 13 heavy (non-hydrogen) atoms. The summed E-state index contributed by atoms with van der Waals surface area (Å²) < 4.78 is 1.75. The molecule has 1 aromatic heterocycles. The van der Waals surface area contributed by atoms with Gasteiger partial charge in [0.15, 0.2) is 6.61 Å². The van der Waals surface area contributed by atoms with Crippen LogP contribution in [0.1, 0.15) is 26.2 Å². The molecule has 1 rings (SSSR count). The van der Waals surface area contributed by atoms with Crippen LogP contribution in [0.3, 0.4) is 0 Å². The molecule has 0 saturated heterocycles. The SMILES string of the molecule is CCCCCO[n+]1ccccc1.[Br-]. The first-order chi connectivity index (χ1) is 5.93. The maximum absolute atomic E-state index is 5.42. The van der Waals surface area contributed by atoms with Gasteiger partial charge in [0, 0.05) is 16.9 Å². The minimum atomic E-state index is 0. The third kappa shape index (κ3) is 5.64. The Morgan fingerprint density at radius 3 is 2.38 bits per heavy atom. The molecular formula is C10H16BrNO. The molecule has 74 valence electrons. The lowest BCUT2D eigenvalue weighted by atomic mass is 10.3. The number of hydrogen-bond acceptors (Lipinski definition) is 1. The largest absolute Gasteiger partial charge is 1.00 e. The summed E-state index contributed by atoms with van der Waals surface area (Å²) in [6.45, 7) is 3.00. The van der Waals surface area contributed by atoms with Crippen molar-refractivity contribution in [3.8, 4) is 0 Å². The summed E-state index contributed by atoms with van der Waals surface area (Å²) in [7, 11) is 0. The lowest BCUT2D eigenvalue weighted by Crippen LogP contribution is -3.00. The summed E-state index contributed by atoms with van der Waals surface area (Å²) in [5.41, 5.74) is 0. The first-order valence-electron chi connectivity index (χ1n) is 4.53. The highest BCUT2D eigenvalue weighted by molar-refractivity contribution is 4.83. The van der Waals surface area contributed by atoms with Crippen LogP contribution in [0.25, 0.3) is 0 Å². The molecule has 0 atom stereocenters. The molecule has 2 nitrogen and oxygen atoms in total. The van der Waals surface area contributed by atoms with Gasteiger partial charge in [-0.25, -0.2) is 0 Å². The second-order valence-electron chi connectivity index (χ2n) is 2.78. The molecule has 0 spiro atoms. The van der Waals surface area contributed by atoms with E-state index < -0.39 is 0 Å². The van der Waals surface area contributed by atoms with E-state index in [9.17, 15) is 0 Å². The van der Waals surface area contributed by atoms with Gasteiger partial charge in [0.1, 0.15) is 0 Å². The van der Waals surface area contributed by atoms with Crippen LogP contribution in [-0.2, 0) is 0 Å². The standard InChI is InChI=1S/C10H16NO.BrH/c1-2-3-7-10-12-11-8-5-4-6-9-11;/h4-6,8-9H,2-3,7,10H2,1H3;1H/q+1;/p-1. The number of aromatic nitrogens is 1. The van der Waals surface area contributed by atoms with Gasteiger partial charge in [-0.2, -0.15) is 0 Å². The van der Waals surface area contributed by atoms with Crippen LogP contribution in [-0.4, -0.2) is 6.61 Å². The molecule has 0 radical (unpaired) electrons. The van der Waals surface area contributed by atoms with Crippen molar-refractivity contribution in [2.24, 2.45) is 0 Å². The van der Waals surface area contributed by atoms with E-state index in [1.54, 1.807) is 4.73 Å². The van der Waals surface area contributed by atoms with Crippen LogP contribution in [0.4, 0.5) is 0 Å². The fourth-order valence-electron chi connectivity index (χ4n) is 0.991. The van der Waals surface area contributed by atoms with E-state index in [1.807, 2.05) is 30.6 Å². The Morgan fingerprint density at radius 1 is 1.08 bits per heavy atom. The van der Waals surface area contributed by atoms with E-state index in [2.05, 4.69) is 6.92 Å². The Morgan fingerprint density at radius 2 is 1.77 bits per heavy atom. The van der Waals surface area contributed by atoms with Gasteiger partial charge < -0.3 is 17.0 Å². The van der Waals surface area contributed by atoms with E-state index in [1.165, 1.54) is 12.8 Å². The van der Waals surface area contributed by atoms with Crippen molar-refractivity contribution in [2.45, 2.75) is 26.2 Å². The average molecular weight is 246 g/mol. The Hall–Kier alpha value is -0.570. The molecule has 0 aliphatic carbocycles. The Balaban J connectivity index is 0.00000144. The van der Waals surface area contributed by atoms with Gasteiger partial charge in [0.05, 0.1) is 0 Å². The van der Waals surface area contributed by atoms with Crippen LogP contribution in [0.15, 0.2) is 30.6 Å². The number of pyridine rings is 1. The summed E-state index contributed by atoms with van der Waals surface area (Å²) in [6.07, 6.45) is 7.44. The lowest BCUT2D eigenvalue weighted by Gasteiger charge is -1.96. The van der Waals surface area contributed by atoms with E-state index in [0.29, 0.717) is 0 Å². The van der Waals surface area contributed by atoms with Crippen molar-refractivity contribution in [1.29, 1.82) is 0 Å². The Bertz CT molecular complexity index is 203. The van der Waals surface area contributed by atoms with Gasteiger partial charge in [0.2, 0.25) is 12.4 Å². The molecule has 0 aliphatic heterocycles. The molecule has 0 fully saturated rings. The summed E-state index contributed by atoms with van der Waals surface area (Å²) in [6, 6.07) is 5.89. The number of nitrogens with zero attached hydrogens (tertiary/aromatic N) is 1. The zero-order valence-corrected chi connectivity index (χ0v) is 9.53. The molecule has 0 aromatic carbocycles. The van der Waals surface area contributed by atoms with Crippen molar-refractivity contribution in [1.82, 2.24) is 0 Å². The first-order valence-corrected chi connectivity index (χ1v) is 4.53. The second-order valence-corrected chi connectivity index (χ2v) is 2.78. The third-order valence-electron chi connectivity index (χ3n) is 1.68. The van der Waals surface area contributed by atoms with Gasteiger partial charge in [-0.3, -0.25) is 4.84 Å². The normalized spacial score (nSPS) is 9.00. The van der Waals surface area contributed by atoms with Crippen LogP contribution in [0, 0.1) is 0 Å². The molecule has 0 saturated carbocycles. The molecule has 0 unspecified atom stereocenters. The molecule has 0 N–H and O–H groups in total. The minimum Gasteiger partial charge on any atom is -1.00 e. The van der Waals surface area contributed by atoms with Crippen molar-refractivity contribution < 1.29 is 26.5 Å². The molecule has 1 aromatic rings. The average Bonchev–Trinajstić information content (AvgIpc) is 2.14. The predicted molar refractivity (Wildman–Crippen MR) is 47.6 cm³/mol. The number of rotatable bonds is 5. The highest BCUT2D eigenvalue weighted by Gasteiger charge is 1.96. The smallest absolute Gasteiger partial charge is 0.222 e. The van der Waals surface area contributed by atoms with Gasteiger partial charge in [-0.1, -0.05) is 25.8 Å². The zero-order valence-electron chi connectivity index (χ0n) is 7.95. The molecule has 0 bridgehead atoms. The van der Waals surface area contributed by atoms with Crippen LogP contribution in [0.5, 0.6) is 0 Å². The van der Waals surface area contributed by atoms with E-state index in [-0.39, 0.29) is 17.0 Å². The molecule has 3 heteroatoms. The molecule has 1 heterocycles. The monoisotopic (exact) mass is 245 g/mol. The topological polar surface area (TPSA) is 13.1 Å². The Labute approximate surface area is 90.3 Å². The van der Waals surface area contributed by atoms with Crippen molar-refractivity contribution in [3.63, 3.8) is 0 Å². The molecule has 0 amide bonds. The van der Waals surface area contributed by atoms with Gasteiger partial charge >= 0.3 is 0 Å². The summed E-state index contributed by atoms with van der Waals surface area (Å²) in [5.74, 6) is 0. The van der Waals surface area contributed by atoms with E-state index >= 15 is 0 Å². The van der Waals surface area contributed by atoms with E-state index in [4.69, 9.17) is 4.84 Å². The lowest BCUT2D eigenvalue weighted by molar-refractivity contribution is -0.891. The van der Waals surface area contributed by atoms with Crippen molar-refractivity contribution in [2.75, 3.05) is 6.61 Å². The second kappa shape index (κ2) is 8.05. The molecule has 0 aliphatic rings. The maximum Gasteiger partial charge on any atom is 0.222 e. The van der Waals surface area contributed by atoms with Crippen LogP contribution >= 0.6 is 0 Å². The highest BCUT2D eigenvalue weighted by Crippen LogP contribution is 1.90. The molecular weight excluding hydrogens is 230 g/mol. The predicted octanol–water partition coefficient (Wildman–Crippen LogP) is -1.40. The van der Waals surface area contributed by atoms with Crippen LogP contribution in [0.2, 0.25) is 0 Å². The Kier molecular flexibility index (Phi) is 7.69. The fraction of sp³-hybridized carbons (Fsp3) is 0.500. The van der Waals surface area contributed by atoms with Gasteiger partial charge in [0.25, 0.3) is 0 Å². The van der Waals surface area contributed by atoms with E-state index in [0.717, 1.165) is 13.0 Å². The van der Waals surface area contributed by atoms with Crippen molar-refractivity contribution in [3.05, 3.63) is 30.6 Å². The highest BCUT2D eigenvalue weighted by atomic mass is 79.9. The maximum atomic E-state index is 5.42. The fourth-order valence-corrected chi connectivity index (χ4v) is 0.991.